The Balaban J connectivity index is 3.75. The summed E-state index contributed by atoms with van der Waals surface area (Å²) in [5, 5.41) is 0. The Morgan fingerprint density at radius 1 is 0.438 bits per heavy atom. The minimum Gasteiger partial charge on any atom is -0.297 e. The molecule has 0 unspecified atom stereocenters. The predicted octanol–water partition coefficient (Wildman–Crippen LogP) is -0.265. The van der Waals surface area contributed by atoms with Gasteiger partial charge in [0.2, 0.25) is 0 Å². The van der Waals surface area contributed by atoms with Crippen molar-refractivity contribution in [1.82, 2.24) is 24.5 Å². The summed E-state index contributed by atoms with van der Waals surface area (Å²) in [6, 6.07) is 0. The third kappa shape index (κ3) is 9.06. The molecule has 0 aliphatic carbocycles. The molecule has 0 aromatic carbocycles. The molecule has 5 heteroatoms. The summed E-state index contributed by atoms with van der Waals surface area (Å²) in [4.78, 5) is 11.3. The van der Waals surface area contributed by atoms with E-state index in [0.717, 1.165) is 26.7 Å². The Morgan fingerprint density at radius 2 is 0.688 bits per heavy atom. The van der Waals surface area contributed by atoms with Crippen LogP contribution in [0.25, 0.3) is 0 Å². The predicted molar refractivity (Wildman–Crippen MR) is 70.1 cm³/mol. The summed E-state index contributed by atoms with van der Waals surface area (Å²) < 4.78 is 0. The van der Waals surface area contributed by atoms with Gasteiger partial charge in [-0.25, -0.2) is 0 Å². The van der Waals surface area contributed by atoms with Crippen molar-refractivity contribution in [3.63, 3.8) is 0 Å². The zero-order valence-electron chi connectivity index (χ0n) is 12.1. The smallest absolute Gasteiger partial charge is 0.0523 e. The molecule has 0 rings (SSSR count). The van der Waals surface area contributed by atoms with Gasteiger partial charge in [0.25, 0.3) is 0 Å². The van der Waals surface area contributed by atoms with Gasteiger partial charge in [0.05, 0.1) is 26.7 Å². The average molecular weight is 231 g/mol. The lowest BCUT2D eigenvalue weighted by Crippen LogP contribution is -2.44. The van der Waals surface area contributed by atoms with Crippen LogP contribution < -0.4 is 0 Å². The van der Waals surface area contributed by atoms with Crippen LogP contribution in [-0.4, -0.2) is 101 Å². The Kier molecular flexibility index (Phi) is 7.87. The lowest BCUT2D eigenvalue weighted by atomic mass is 10.6. The summed E-state index contributed by atoms with van der Waals surface area (Å²) in [7, 11) is 14.8. The molecule has 0 aliphatic heterocycles. The van der Waals surface area contributed by atoms with Gasteiger partial charge in [-0.15, -0.1) is 0 Å². The fourth-order valence-electron chi connectivity index (χ4n) is 1.92. The van der Waals surface area contributed by atoms with Gasteiger partial charge in [-0.1, -0.05) is 0 Å². The first-order valence-electron chi connectivity index (χ1n) is 5.66. The van der Waals surface area contributed by atoms with Crippen molar-refractivity contribution in [2.24, 2.45) is 0 Å². The topological polar surface area (TPSA) is 16.2 Å². The number of rotatable bonds is 8. The zero-order valence-corrected chi connectivity index (χ0v) is 12.1. The Labute approximate surface area is 101 Å². The third-order valence-electron chi connectivity index (χ3n) is 2.01. The van der Waals surface area contributed by atoms with Crippen molar-refractivity contribution in [1.29, 1.82) is 0 Å². The maximum Gasteiger partial charge on any atom is 0.0523 e. The Morgan fingerprint density at radius 3 is 0.938 bits per heavy atom. The fourth-order valence-corrected chi connectivity index (χ4v) is 1.92. The highest BCUT2D eigenvalue weighted by Gasteiger charge is 2.07. The summed E-state index contributed by atoms with van der Waals surface area (Å²) in [5.41, 5.74) is 0. The summed E-state index contributed by atoms with van der Waals surface area (Å²) >= 11 is 0. The molecule has 16 heavy (non-hydrogen) atoms. The second-order valence-electron chi connectivity index (χ2n) is 5.29. The molecular weight excluding hydrogens is 202 g/mol. The first-order valence-corrected chi connectivity index (χ1v) is 5.66. The molecule has 5 nitrogen and oxygen atoms in total. The molecule has 0 spiro atoms. The number of nitrogens with zero attached hydrogens (tertiary/aromatic N) is 5. The van der Waals surface area contributed by atoms with Crippen LogP contribution in [0.4, 0.5) is 0 Å². The molecule has 0 fully saturated rings. The van der Waals surface area contributed by atoms with Gasteiger partial charge in [-0.3, -0.25) is 24.5 Å². The highest BCUT2D eigenvalue weighted by atomic mass is 15.4. The average Bonchev–Trinajstić information content (AvgIpc) is 1.97. The van der Waals surface area contributed by atoms with Crippen LogP contribution >= 0.6 is 0 Å². The van der Waals surface area contributed by atoms with Crippen LogP contribution in [0.5, 0.6) is 0 Å². The summed E-state index contributed by atoms with van der Waals surface area (Å²) in [5.74, 6) is 0. The van der Waals surface area contributed by atoms with Gasteiger partial charge in [-0.05, 0) is 49.3 Å². The molecule has 0 aromatic rings. The molecule has 0 saturated carbocycles. The van der Waals surface area contributed by atoms with E-state index in [1.165, 1.54) is 0 Å². The molecular formula is C11H29N5. The summed E-state index contributed by atoms with van der Waals surface area (Å²) in [6.45, 7) is 3.94. The van der Waals surface area contributed by atoms with E-state index in [1.807, 2.05) is 0 Å². The molecule has 0 atom stereocenters. The largest absolute Gasteiger partial charge is 0.297 e. The highest BCUT2D eigenvalue weighted by molar-refractivity contribution is 4.53. The van der Waals surface area contributed by atoms with Crippen LogP contribution in [0.3, 0.4) is 0 Å². The highest BCUT2D eigenvalue weighted by Crippen LogP contribution is 1.93. The molecule has 98 valence electrons. The van der Waals surface area contributed by atoms with Gasteiger partial charge in [0.15, 0.2) is 0 Å². The van der Waals surface area contributed by atoms with Gasteiger partial charge >= 0.3 is 0 Å². The molecule has 0 aromatic heterocycles. The van der Waals surface area contributed by atoms with E-state index in [-0.39, 0.29) is 0 Å². The minimum absolute atomic E-state index is 0.982. The van der Waals surface area contributed by atoms with Crippen molar-refractivity contribution in [2.75, 3.05) is 76.0 Å². The van der Waals surface area contributed by atoms with Crippen LogP contribution in [-0.2, 0) is 0 Å². The lowest BCUT2D eigenvalue weighted by molar-refractivity contribution is 0.0744. The van der Waals surface area contributed by atoms with Crippen molar-refractivity contribution in [3.8, 4) is 0 Å². The monoisotopic (exact) mass is 231 g/mol. The zero-order chi connectivity index (χ0) is 12.7. The van der Waals surface area contributed by atoms with Gasteiger partial charge in [0.1, 0.15) is 0 Å². The first kappa shape index (κ1) is 15.8. The maximum absolute atomic E-state index is 2.31. The third-order valence-corrected chi connectivity index (χ3v) is 2.01. The van der Waals surface area contributed by atoms with Crippen molar-refractivity contribution in [2.45, 2.75) is 0 Å². The van der Waals surface area contributed by atoms with Crippen molar-refractivity contribution < 1.29 is 0 Å². The van der Waals surface area contributed by atoms with Crippen LogP contribution in [0.1, 0.15) is 0 Å². The van der Waals surface area contributed by atoms with Crippen LogP contribution in [0.2, 0.25) is 0 Å². The van der Waals surface area contributed by atoms with E-state index >= 15 is 0 Å². The lowest BCUT2D eigenvalue weighted by Gasteiger charge is -2.30. The molecule has 0 radical (unpaired) electrons. The van der Waals surface area contributed by atoms with E-state index in [2.05, 4.69) is 73.8 Å². The molecule has 0 bridgehead atoms. The Bertz CT molecular complexity index is 154. The minimum atomic E-state index is 0.982. The first-order chi connectivity index (χ1) is 7.31. The van der Waals surface area contributed by atoms with Gasteiger partial charge < -0.3 is 0 Å². The second-order valence-corrected chi connectivity index (χ2v) is 5.29. The fraction of sp³-hybridized carbons (Fsp3) is 1.00. The van der Waals surface area contributed by atoms with Crippen LogP contribution in [0, 0.1) is 0 Å². The molecule has 0 amide bonds. The SMILES string of the molecule is CN(C)CN(C)CN(C)CN(C)CN(C)C. The summed E-state index contributed by atoms with van der Waals surface area (Å²) in [6.07, 6.45) is 0. The second kappa shape index (κ2) is 7.97. The van der Waals surface area contributed by atoms with Crippen molar-refractivity contribution in [3.05, 3.63) is 0 Å². The Hall–Kier alpha value is -0.200. The van der Waals surface area contributed by atoms with E-state index < -0.39 is 0 Å². The number of hydrogen-bond donors (Lipinski definition) is 0. The maximum atomic E-state index is 2.31. The quantitative estimate of drug-likeness (QED) is 0.533. The molecule has 0 aliphatic rings. The van der Waals surface area contributed by atoms with Gasteiger partial charge in [-0.2, -0.15) is 0 Å². The van der Waals surface area contributed by atoms with Gasteiger partial charge in [0, 0.05) is 0 Å². The number of hydrogen-bond acceptors (Lipinski definition) is 5. The van der Waals surface area contributed by atoms with Crippen molar-refractivity contribution >= 4 is 0 Å². The van der Waals surface area contributed by atoms with E-state index in [4.69, 9.17) is 0 Å². The standard InChI is InChI=1S/C11H29N5/c1-12(2)8-14(5)10-16(7)11-15(6)9-13(3)4/h8-11H2,1-7H3. The molecule has 0 saturated heterocycles. The van der Waals surface area contributed by atoms with E-state index in [0.29, 0.717) is 0 Å². The van der Waals surface area contributed by atoms with E-state index in [1.54, 1.807) is 0 Å². The molecule has 0 heterocycles. The normalized spacial score (nSPS) is 12.8. The van der Waals surface area contributed by atoms with E-state index in [9.17, 15) is 0 Å². The van der Waals surface area contributed by atoms with Crippen LogP contribution in [0.15, 0.2) is 0 Å². The molecule has 0 N–H and O–H groups in total.